The van der Waals surface area contributed by atoms with Crippen molar-refractivity contribution in [3.8, 4) is 11.3 Å². The molecule has 1 heterocycles. The van der Waals surface area contributed by atoms with E-state index in [2.05, 4.69) is 39.3 Å². The third-order valence-electron chi connectivity index (χ3n) is 4.91. The van der Waals surface area contributed by atoms with E-state index in [1.807, 2.05) is 67.6 Å². The molecule has 0 spiro atoms. The van der Waals surface area contributed by atoms with Crippen molar-refractivity contribution in [2.24, 2.45) is 0 Å². The van der Waals surface area contributed by atoms with Crippen LogP contribution >= 0.6 is 0 Å². The van der Waals surface area contributed by atoms with Crippen LogP contribution in [-0.4, -0.2) is 47.0 Å². The maximum Gasteiger partial charge on any atom is 0.251 e. The highest BCUT2D eigenvalue weighted by atomic mass is 16.1. The molecule has 6 heteroatoms. The van der Waals surface area contributed by atoms with Gasteiger partial charge < -0.3 is 15.5 Å². The summed E-state index contributed by atoms with van der Waals surface area (Å²) in [4.78, 5) is 23.8. The standard InChI is InChI=1S/C24H29N5O/c1-4-29(5-2)15-14-25-24(30)20-12-9-13-21(16-20)28-23-17-22(26-18(3)27-23)19-10-7-6-8-11-19/h6-13,16-17H,4-5,14-15H2,1-3H3,(H,25,30)(H,26,27,28). The van der Waals surface area contributed by atoms with Crippen LogP contribution in [-0.2, 0) is 0 Å². The first kappa shape index (κ1) is 21.5. The Morgan fingerprint density at radius 1 is 0.967 bits per heavy atom. The van der Waals surface area contributed by atoms with Gasteiger partial charge in [0.15, 0.2) is 0 Å². The van der Waals surface area contributed by atoms with E-state index in [9.17, 15) is 4.79 Å². The van der Waals surface area contributed by atoms with Crippen LogP contribution in [0.4, 0.5) is 11.5 Å². The van der Waals surface area contributed by atoms with Crippen molar-refractivity contribution >= 4 is 17.4 Å². The Morgan fingerprint density at radius 3 is 2.47 bits per heavy atom. The molecule has 0 fully saturated rings. The number of rotatable bonds is 9. The van der Waals surface area contributed by atoms with Gasteiger partial charge in [-0.15, -0.1) is 0 Å². The molecule has 6 nitrogen and oxygen atoms in total. The molecule has 2 aromatic carbocycles. The molecule has 0 atom stereocenters. The molecule has 0 aliphatic rings. The average molecular weight is 404 g/mol. The molecule has 2 N–H and O–H groups in total. The quantitative estimate of drug-likeness (QED) is 0.558. The molecule has 1 amide bonds. The predicted molar refractivity (Wildman–Crippen MR) is 122 cm³/mol. The molecule has 30 heavy (non-hydrogen) atoms. The van der Waals surface area contributed by atoms with Crippen LogP contribution in [0.15, 0.2) is 60.7 Å². The molecular formula is C24H29N5O. The van der Waals surface area contributed by atoms with Crippen LogP contribution in [0.25, 0.3) is 11.3 Å². The number of carbonyl (C=O) groups is 1. The summed E-state index contributed by atoms with van der Waals surface area (Å²) in [5.74, 6) is 1.30. The van der Waals surface area contributed by atoms with Gasteiger partial charge in [-0.3, -0.25) is 4.79 Å². The SMILES string of the molecule is CCN(CC)CCNC(=O)c1cccc(Nc2cc(-c3ccccc3)nc(C)n2)c1. The highest BCUT2D eigenvalue weighted by Gasteiger charge is 2.09. The van der Waals surface area contributed by atoms with E-state index in [-0.39, 0.29) is 5.91 Å². The predicted octanol–water partition coefficient (Wildman–Crippen LogP) is 4.27. The normalized spacial score (nSPS) is 10.8. The van der Waals surface area contributed by atoms with E-state index in [0.717, 1.165) is 36.6 Å². The molecule has 156 valence electrons. The monoisotopic (exact) mass is 403 g/mol. The fourth-order valence-electron chi connectivity index (χ4n) is 3.24. The number of carbonyl (C=O) groups excluding carboxylic acids is 1. The summed E-state index contributed by atoms with van der Waals surface area (Å²) in [5.41, 5.74) is 3.32. The highest BCUT2D eigenvalue weighted by Crippen LogP contribution is 2.22. The molecule has 0 aliphatic heterocycles. The smallest absolute Gasteiger partial charge is 0.251 e. The van der Waals surface area contributed by atoms with Gasteiger partial charge in [0.05, 0.1) is 5.69 Å². The zero-order valence-electron chi connectivity index (χ0n) is 17.9. The molecule has 0 aliphatic carbocycles. The van der Waals surface area contributed by atoms with Gasteiger partial charge in [0, 0.05) is 36.0 Å². The lowest BCUT2D eigenvalue weighted by Crippen LogP contribution is -2.34. The molecule has 3 rings (SSSR count). The van der Waals surface area contributed by atoms with Gasteiger partial charge in [-0.25, -0.2) is 9.97 Å². The maximum absolute atomic E-state index is 12.5. The first-order chi connectivity index (χ1) is 14.6. The number of hydrogen-bond donors (Lipinski definition) is 2. The first-order valence-electron chi connectivity index (χ1n) is 10.4. The minimum atomic E-state index is -0.0744. The Hall–Kier alpha value is -3.25. The first-order valence-corrected chi connectivity index (χ1v) is 10.4. The van der Waals surface area contributed by atoms with Gasteiger partial charge in [0.2, 0.25) is 0 Å². The lowest BCUT2D eigenvalue weighted by atomic mass is 10.1. The molecule has 0 saturated carbocycles. The van der Waals surface area contributed by atoms with E-state index < -0.39 is 0 Å². The Morgan fingerprint density at radius 2 is 1.73 bits per heavy atom. The molecular weight excluding hydrogens is 374 g/mol. The number of likely N-dealkylation sites (N-methyl/N-ethyl adjacent to an activating group) is 1. The second-order valence-corrected chi connectivity index (χ2v) is 7.04. The van der Waals surface area contributed by atoms with Crippen LogP contribution in [0.2, 0.25) is 0 Å². The summed E-state index contributed by atoms with van der Waals surface area (Å²) in [6.45, 7) is 9.56. The van der Waals surface area contributed by atoms with Crippen LogP contribution in [0.3, 0.4) is 0 Å². The summed E-state index contributed by atoms with van der Waals surface area (Å²) >= 11 is 0. The zero-order valence-corrected chi connectivity index (χ0v) is 17.9. The van der Waals surface area contributed by atoms with E-state index in [1.54, 1.807) is 0 Å². The number of nitrogens with one attached hydrogen (secondary N) is 2. The average Bonchev–Trinajstić information content (AvgIpc) is 2.77. The Kier molecular flexibility index (Phi) is 7.51. The van der Waals surface area contributed by atoms with Crippen LogP contribution < -0.4 is 10.6 Å². The van der Waals surface area contributed by atoms with Crippen molar-refractivity contribution in [2.75, 3.05) is 31.5 Å². The summed E-state index contributed by atoms with van der Waals surface area (Å²) in [6, 6.07) is 19.4. The van der Waals surface area contributed by atoms with Crippen molar-refractivity contribution in [3.05, 3.63) is 72.1 Å². The zero-order chi connectivity index (χ0) is 21.3. The van der Waals surface area contributed by atoms with E-state index >= 15 is 0 Å². The minimum absolute atomic E-state index is 0.0744. The topological polar surface area (TPSA) is 70.2 Å². The second-order valence-electron chi connectivity index (χ2n) is 7.04. The molecule has 1 aromatic heterocycles. The summed E-state index contributed by atoms with van der Waals surface area (Å²) in [5, 5.41) is 6.30. The minimum Gasteiger partial charge on any atom is -0.351 e. The lowest BCUT2D eigenvalue weighted by molar-refractivity contribution is 0.0949. The third kappa shape index (κ3) is 5.87. The Bertz CT molecular complexity index is 970. The Balaban J connectivity index is 1.69. The van der Waals surface area contributed by atoms with Crippen molar-refractivity contribution in [1.29, 1.82) is 0 Å². The fraction of sp³-hybridized carbons (Fsp3) is 0.292. The second kappa shape index (κ2) is 10.5. The number of aromatic nitrogens is 2. The summed E-state index contributed by atoms with van der Waals surface area (Å²) < 4.78 is 0. The van der Waals surface area contributed by atoms with Crippen molar-refractivity contribution < 1.29 is 4.79 Å². The van der Waals surface area contributed by atoms with Crippen LogP contribution in [0.1, 0.15) is 30.0 Å². The van der Waals surface area contributed by atoms with E-state index in [4.69, 9.17) is 0 Å². The molecule has 0 radical (unpaired) electrons. The molecule has 0 unspecified atom stereocenters. The molecule has 3 aromatic rings. The van der Waals surface area contributed by atoms with Gasteiger partial charge in [0.25, 0.3) is 5.91 Å². The van der Waals surface area contributed by atoms with Crippen molar-refractivity contribution in [1.82, 2.24) is 20.2 Å². The van der Waals surface area contributed by atoms with Crippen LogP contribution in [0.5, 0.6) is 0 Å². The van der Waals surface area contributed by atoms with Gasteiger partial charge in [-0.1, -0.05) is 50.2 Å². The van der Waals surface area contributed by atoms with Crippen molar-refractivity contribution in [2.45, 2.75) is 20.8 Å². The van der Waals surface area contributed by atoms with E-state index in [1.165, 1.54) is 0 Å². The highest BCUT2D eigenvalue weighted by molar-refractivity contribution is 5.95. The number of hydrogen-bond acceptors (Lipinski definition) is 5. The largest absolute Gasteiger partial charge is 0.351 e. The number of nitrogens with zero attached hydrogens (tertiary/aromatic N) is 3. The van der Waals surface area contributed by atoms with Crippen LogP contribution in [0, 0.1) is 6.92 Å². The molecule has 0 saturated heterocycles. The maximum atomic E-state index is 12.5. The van der Waals surface area contributed by atoms with Gasteiger partial charge in [0.1, 0.15) is 11.6 Å². The Labute approximate surface area is 178 Å². The third-order valence-corrected chi connectivity index (χ3v) is 4.91. The van der Waals surface area contributed by atoms with E-state index in [0.29, 0.717) is 23.8 Å². The number of benzene rings is 2. The molecule has 0 bridgehead atoms. The van der Waals surface area contributed by atoms with Gasteiger partial charge >= 0.3 is 0 Å². The van der Waals surface area contributed by atoms with Crippen molar-refractivity contribution in [3.63, 3.8) is 0 Å². The lowest BCUT2D eigenvalue weighted by Gasteiger charge is -2.18. The van der Waals surface area contributed by atoms with Gasteiger partial charge in [-0.05, 0) is 38.2 Å². The van der Waals surface area contributed by atoms with Gasteiger partial charge in [-0.2, -0.15) is 0 Å². The summed E-state index contributed by atoms with van der Waals surface area (Å²) in [7, 11) is 0. The number of anilines is 2. The fourth-order valence-corrected chi connectivity index (χ4v) is 3.24. The number of aryl methyl sites for hydroxylation is 1. The number of amides is 1. The summed E-state index contributed by atoms with van der Waals surface area (Å²) in [6.07, 6.45) is 0.